The highest BCUT2D eigenvalue weighted by Gasteiger charge is 2.16. The monoisotopic (exact) mass is 492 g/mol. The van der Waals surface area contributed by atoms with Crippen LogP contribution >= 0.6 is 11.6 Å². The molecule has 0 atom stereocenters. The summed E-state index contributed by atoms with van der Waals surface area (Å²) in [6.07, 6.45) is 1.87. The van der Waals surface area contributed by atoms with E-state index in [0.29, 0.717) is 39.9 Å². The second-order valence-corrected chi connectivity index (χ2v) is 8.37. The minimum absolute atomic E-state index is 0.276. The quantitative estimate of drug-likeness (QED) is 0.324. The molecule has 5 rings (SSSR count). The molecule has 8 heteroatoms. The van der Waals surface area contributed by atoms with E-state index in [4.69, 9.17) is 21.1 Å². The number of nitrogens with one attached hydrogen (secondary N) is 1. The molecule has 2 heterocycles. The smallest absolute Gasteiger partial charge is 0.256 e. The van der Waals surface area contributed by atoms with Gasteiger partial charge >= 0.3 is 0 Å². The maximum absolute atomic E-state index is 13.6. The number of fused-ring (bicyclic) bond motifs is 1. The van der Waals surface area contributed by atoms with Gasteiger partial charge in [0, 0.05) is 17.2 Å². The van der Waals surface area contributed by atoms with Crippen molar-refractivity contribution in [3.05, 3.63) is 101 Å². The number of aryl methyl sites for hydroxylation is 1. The summed E-state index contributed by atoms with van der Waals surface area (Å²) in [6, 6.07) is 18.6. The predicted octanol–water partition coefficient (Wildman–Crippen LogP) is 7.05. The van der Waals surface area contributed by atoms with Crippen molar-refractivity contribution in [2.45, 2.75) is 12.8 Å². The zero-order chi connectivity index (χ0) is 24.4. The number of benzene rings is 3. The van der Waals surface area contributed by atoms with Crippen LogP contribution in [0.2, 0.25) is 5.02 Å². The second-order valence-electron chi connectivity index (χ2n) is 7.96. The molecule has 1 N–H and O–H groups in total. The topological polar surface area (TPSA) is 60.5 Å². The van der Waals surface area contributed by atoms with E-state index in [1.807, 2.05) is 6.07 Å². The standard InChI is InChI=1S/C27H19ClF2N2O3/c28-20-13-18-3-2-12-34-24(18)15-25(20)35-19-9-6-16(7-10-19)27(33)32-26-5-1-4-23(31-26)17-8-11-21(29)22(30)14-17/h1,4-11,13-15H,2-3,12H2,(H,31,32,33). The van der Waals surface area contributed by atoms with Gasteiger partial charge in [0.15, 0.2) is 11.6 Å². The fourth-order valence-corrected chi connectivity index (χ4v) is 3.96. The molecule has 1 aliphatic heterocycles. The number of ether oxygens (including phenoxy) is 2. The van der Waals surface area contributed by atoms with Crippen LogP contribution in [-0.4, -0.2) is 17.5 Å². The van der Waals surface area contributed by atoms with Crippen LogP contribution < -0.4 is 14.8 Å². The Balaban J connectivity index is 1.28. The van der Waals surface area contributed by atoms with Crippen molar-refractivity contribution < 1.29 is 23.0 Å². The Labute approximate surface area is 205 Å². The van der Waals surface area contributed by atoms with Crippen LogP contribution in [0.15, 0.2) is 72.8 Å². The molecule has 5 nitrogen and oxygen atoms in total. The molecule has 0 spiro atoms. The van der Waals surface area contributed by atoms with E-state index in [1.165, 1.54) is 6.07 Å². The number of hydrogen-bond acceptors (Lipinski definition) is 4. The third kappa shape index (κ3) is 5.10. The zero-order valence-corrected chi connectivity index (χ0v) is 19.1. The minimum atomic E-state index is -0.967. The molecule has 1 amide bonds. The molecule has 1 aliphatic rings. The Hall–Kier alpha value is -3.97. The summed E-state index contributed by atoms with van der Waals surface area (Å²) < 4.78 is 38.4. The van der Waals surface area contributed by atoms with Gasteiger partial charge < -0.3 is 14.8 Å². The summed E-state index contributed by atoms with van der Waals surface area (Å²) >= 11 is 6.37. The second kappa shape index (κ2) is 9.72. The number of hydrogen-bond donors (Lipinski definition) is 1. The van der Waals surface area contributed by atoms with E-state index >= 15 is 0 Å². The molecule has 0 radical (unpaired) electrons. The van der Waals surface area contributed by atoms with Crippen molar-refractivity contribution >= 4 is 23.3 Å². The van der Waals surface area contributed by atoms with Gasteiger partial charge in [-0.2, -0.15) is 0 Å². The molecule has 4 aromatic rings. The van der Waals surface area contributed by atoms with Crippen LogP contribution in [0.3, 0.4) is 0 Å². The average Bonchev–Trinajstić information content (AvgIpc) is 2.87. The van der Waals surface area contributed by atoms with E-state index in [1.54, 1.807) is 48.5 Å². The molecule has 0 aliphatic carbocycles. The molecule has 0 unspecified atom stereocenters. The third-order valence-corrected chi connectivity index (χ3v) is 5.81. The number of carbonyl (C=O) groups excluding carboxylic acids is 1. The van der Waals surface area contributed by atoms with Crippen molar-refractivity contribution in [1.82, 2.24) is 4.98 Å². The molecular weight excluding hydrogens is 474 g/mol. The highest BCUT2D eigenvalue weighted by Crippen LogP contribution is 2.37. The maximum atomic E-state index is 13.6. The minimum Gasteiger partial charge on any atom is -0.493 e. The number of aromatic nitrogens is 1. The average molecular weight is 493 g/mol. The van der Waals surface area contributed by atoms with Gasteiger partial charge in [0.1, 0.15) is 23.1 Å². The van der Waals surface area contributed by atoms with E-state index in [2.05, 4.69) is 10.3 Å². The van der Waals surface area contributed by atoms with Gasteiger partial charge in [-0.25, -0.2) is 13.8 Å². The van der Waals surface area contributed by atoms with Crippen LogP contribution in [0.4, 0.5) is 14.6 Å². The third-order valence-electron chi connectivity index (χ3n) is 5.51. The fraction of sp³-hybridized carbons (Fsp3) is 0.111. The Bertz CT molecular complexity index is 1410. The normalized spacial score (nSPS) is 12.4. The van der Waals surface area contributed by atoms with Crippen molar-refractivity contribution in [3.8, 4) is 28.5 Å². The van der Waals surface area contributed by atoms with Crippen LogP contribution in [0, 0.1) is 11.6 Å². The summed E-state index contributed by atoms with van der Waals surface area (Å²) in [7, 11) is 0. The number of nitrogens with zero attached hydrogens (tertiary/aromatic N) is 1. The fourth-order valence-electron chi connectivity index (χ4n) is 3.74. The number of carbonyl (C=O) groups is 1. The Kier molecular flexibility index (Phi) is 6.33. The highest BCUT2D eigenvalue weighted by molar-refractivity contribution is 6.32. The lowest BCUT2D eigenvalue weighted by atomic mass is 10.1. The van der Waals surface area contributed by atoms with Crippen molar-refractivity contribution in [1.29, 1.82) is 0 Å². The number of pyridine rings is 1. The van der Waals surface area contributed by atoms with Gasteiger partial charge in [0.25, 0.3) is 5.91 Å². The van der Waals surface area contributed by atoms with E-state index in [-0.39, 0.29) is 11.7 Å². The largest absolute Gasteiger partial charge is 0.493 e. The Morgan fingerprint density at radius 1 is 1.00 bits per heavy atom. The van der Waals surface area contributed by atoms with Crippen molar-refractivity contribution in [2.75, 3.05) is 11.9 Å². The maximum Gasteiger partial charge on any atom is 0.256 e. The van der Waals surface area contributed by atoms with Gasteiger partial charge in [-0.1, -0.05) is 17.7 Å². The molecule has 3 aromatic carbocycles. The van der Waals surface area contributed by atoms with Gasteiger partial charge in [0.2, 0.25) is 0 Å². The summed E-state index contributed by atoms with van der Waals surface area (Å²) in [5.74, 6) is -0.256. The molecular formula is C27H19ClF2N2O3. The number of halogens is 3. The lowest BCUT2D eigenvalue weighted by Crippen LogP contribution is -2.13. The van der Waals surface area contributed by atoms with Crippen LogP contribution in [-0.2, 0) is 6.42 Å². The summed E-state index contributed by atoms with van der Waals surface area (Å²) in [5.41, 5.74) is 2.24. The first-order chi connectivity index (χ1) is 17.0. The van der Waals surface area contributed by atoms with Gasteiger partial charge in [-0.15, -0.1) is 0 Å². The number of rotatable bonds is 5. The summed E-state index contributed by atoms with van der Waals surface area (Å²) in [5, 5.41) is 3.20. The van der Waals surface area contributed by atoms with Crippen LogP contribution in [0.1, 0.15) is 22.3 Å². The Morgan fingerprint density at radius 3 is 2.63 bits per heavy atom. The zero-order valence-electron chi connectivity index (χ0n) is 18.4. The predicted molar refractivity (Wildman–Crippen MR) is 129 cm³/mol. The summed E-state index contributed by atoms with van der Waals surface area (Å²) in [4.78, 5) is 17.0. The van der Waals surface area contributed by atoms with Crippen molar-refractivity contribution in [2.24, 2.45) is 0 Å². The molecule has 1 aromatic heterocycles. The lowest BCUT2D eigenvalue weighted by Gasteiger charge is -2.19. The molecule has 0 saturated carbocycles. The number of anilines is 1. The summed E-state index contributed by atoms with van der Waals surface area (Å²) in [6.45, 7) is 0.663. The van der Waals surface area contributed by atoms with Crippen molar-refractivity contribution in [3.63, 3.8) is 0 Å². The van der Waals surface area contributed by atoms with Gasteiger partial charge in [-0.3, -0.25) is 4.79 Å². The molecule has 0 saturated heterocycles. The van der Waals surface area contributed by atoms with Crippen LogP contribution in [0.25, 0.3) is 11.3 Å². The van der Waals surface area contributed by atoms with Gasteiger partial charge in [-0.05, 0) is 79.1 Å². The van der Waals surface area contributed by atoms with E-state index in [0.717, 1.165) is 36.3 Å². The Morgan fingerprint density at radius 2 is 1.83 bits per heavy atom. The lowest BCUT2D eigenvalue weighted by molar-refractivity contribution is 0.102. The first kappa shape index (κ1) is 22.8. The first-order valence-electron chi connectivity index (χ1n) is 10.9. The molecule has 0 fully saturated rings. The SMILES string of the molecule is O=C(Nc1cccc(-c2ccc(F)c(F)c2)n1)c1ccc(Oc2cc3c(cc2Cl)CCCO3)cc1. The number of amides is 1. The highest BCUT2D eigenvalue weighted by atomic mass is 35.5. The van der Waals surface area contributed by atoms with Crippen LogP contribution in [0.5, 0.6) is 17.2 Å². The molecule has 35 heavy (non-hydrogen) atoms. The first-order valence-corrected chi connectivity index (χ1v) is 11.3. The molecule has 0 bridgehead atoms. The van der Waals surface area contributed by atoms with E-state index < -0.39 is 11.6 Å². The molecule has 176 valence electrons. The van der Waals surface area contributed by atoms with Gasteiger partial charge in [0.05, 0.1) is 17.3 Å². The van der Waals surface area contributed by atoms with E-state index in [9.17, 15) is 13.6 Å².